The highest BCUT2D eigenvalue weighted by molar-refractivity contribution is 5.78. The molecule has 0 bridgehead atoms. The number of nitrogens with zero attached hydrogens (tertiary/aromatic N) is 1. The zero-order valence-corrected chi connectivity index (χ0v) is 12.6. The molecule has 1 amide bonds. The molecule has 118 valence electrons. The van der Waals surface area contributed by atoms with Crippen LogP contribution in [-0.4, -0.2) is 25.0 Å². The largest absolute Gasteiger partial charge is 0.355 e. The quantitative estimate of drug-likeness (QED) is 0.792. The zero-order valence-electron chi connectivity index (χ0n) is 12.6. The molecule has 0 radical (unpaired) electrons. The summed E-state index contributed by atoms with van der Waals surface area (Å²) >= 11 is 0. The SMILES string of the molecule is N#C[C@H]1CCC[C@H](NCCNC(=O)Cc2cccc(F)c2)C1. The van der Waals surface area contributed by atoms with Gasteiger partial charge in [-0.3, -0.25) is 4.79 Å². The van der Waals surface area contributed by atoms with Gasteiger partial charge >= 0.3 is 0 Å². The first-order valence-electron chi connectivity index (χ1n) is 7.81. The van der Waals surface area contributed by atoms with Gasteiger partial charge in [0.25, 0.3) is 0 Å². The lowest BCUT2D eigenvalue weighted by molar-refractivity contribution is -0.120. The lowest BCUT2D eigenvalue weighted by Crippen LogP contribution is -2.39. The van der Waals surface area contributed by atoms with Crippen LogP contribution in [0.2, 0.25) is 0 Å². The second-order valence-corrected chi connectivity index (χ2v) is 5.80. The average Bonchev–Trinajstić information content (AvgIpc) is 2.52. The maximum absolute atomic E-state index is 13.0. The van der Waals surface area contributed by atoms with E-state index < -0.39 is 0 Å². The smallest absolute Gasteiger partial charge is 0.224 e. The average molecular weight is 303 g/mol. The molecule has 0 aliphatic heterocycles. The monoisotopic (exact) mass is 303 g/mol. The Morgan fingerprint density at radius 3 is 3.00 bits per heavy atom. The minimum Gasteiger partial charge on any atom is -0.355 e. The van der Waals surface area contributed by atoms with Gasteiger partial charge in [0, 0.05) is 25.0 Å². The van der Waals surface area contributed by atoms with Crippen molar-refractivity contribution in [1.29, 1.82) is 5.26 Å². The van der Waals surface area contributed by atoms with Gasteiger partial charge in [0.05, 0.1) is 12.5 Å². The van der Waals surface area contributed by atoms with Crippen LogP contribution in [0.25, 0.3) is 0 Å². The Labute approximate surface area is 130 Å². The standard InChI is InChI=1S/C17H22FN3O/c18-15-5-1-3-13(9-15)11-17(22)21-8-7-20-16-6-2-4-14(10-16)12-19/h1,3,5,9,14,16,20H,2,4,6-8,10-11H2,(H,21,22)/t14-,16-/m0/s1. The molecular formula is C17H22FN3O. The van der Waals surface area contributed by atoms with E-state index in [9.17, 15) is 9.18 Å². The van der Waals surface area contributed by atoms with Crippen molar-refractivity contribution in [3.63, 3.8) is 0 Å². The molecule has 2 atom stereocenters. The van der Waals surface area contributed by atoms with Crippen LogP contribution in [0.5, 0.6) is 0 Å². The molecule has 0 heterocycles. The predicted molar refractivity (Wildman–Crippen MR) is 82.5 cm³/mol. The number of amides is 1. The Balaban J connectivity index is 1.62. The molecule has 0 unspecified atom stereocenters. The zero-order chi connectivity index (χ0) is 15.8. The molecule has 2 rings (SSSR count). The minimum absolute atomic E-state index is 0.106. The van der Waals surface area contributed by atoms with Crippen molar-refractivity contribution in [1.82, 2.24) is 10.6 Å². The first-order valence-corrected chi connectivity index (χ1v) is 7.81. The summed E-state index contributed by atoms with van der Waals surface area (Å²) in [6.45, 7) is 1.24. The molecule has 1 fully saturated rings. The van der Waals surface area contributed by atoms with Gasteiger partial charge in [-0.2, -0.15) is 5.26 Å². The molecule has 0 aromatic heterocycles. The second kappa shape index (κ2) is 8.50. The van der Waals surface area contributed by atoms with Gasteiger partial charge in [-0.1, -0.05) is 18.6 Å². The Bertz CT molecular complexity index is 541. The van der Waals surface area contributed by atoms with E-state index >= 15 is 0 Å². The van der Waals surface area contributed by atoms with Crippen LogP contribution in [0.4, 0.5) is 4.39 Å². The minimum atomic E-state index is -0.323. The summed E-state index contributed by atoms with van der Waals surface area (Å²) < 4.78 is 13.0. The number of nitriles is 1. The second-order valence-electron chi connectivity index (χ2n) is 5.80. The maximum Gasteiger partial charge on any atom is 0.224 e. The third-order valence-electron chi connectivity index (χ3n) is 3.99. The third-order valence-corrected chi connectivity index (χ3v) is 3.99. The molecule has 1 aliphatic carbocycles. The fourth-order valence-corrected chi connectivity index (χ4v) is 2.87. The van der Waals surface area contributed by atoms with Gasteiger partial charge in [-0.15, -0.1) is 0 Å². The van der Waals surface area contributed by atoms with Crippen LogP contribution in [0, 0.1) is 23.1 Å². The van der Waals surface area contributed by atoms with Gasteiger partial charge in [0.15, 0.2) is 0 Å². The molecular weight excluding hydrogens is 281 g/mol. The van der Waals surface area contributed by atoms with Crippen molar-refractivity contribution >= 4 is 5.91 Å². The van der Waals surface area contributed by atoms with Gasteiger partial charge < -0.3 is 10.6 Å². The van der Waals surface area contributed by atoms with Crippen molar-refractivity contribution in [2.75, 3.05) is 13.1 Å². The number of rotatable bonds is 6. The molecule has 0 saturated heterocycles. The van der Waals surface area contributed by atoms with Crippen LogP contribution < -0.4 is 10.6 Å². The Morgan fingerprint density at radius 2 is 2.23 bits per heavy atom. The number of carbonyl (C=O) groups is 1. The number of halogens is 1. The fourth-order valence-electron chi connectivity index (χ4n) is 2.87. The molecule has 2 N–H and O–H groups in total. The first-order chi connectivity index (χ1) is 10.7. The lowest BCUT2D eigenvalue weighted by Gasteiger charge is -2.26. The highest BCUT2D eigenvalue weighted by Crippen LogP contribution is 2.23. The molecule has 4 nitrogen and oxygen atoms in total. The van der Waals surface area contributed by atoms with E-state index in [0.29, 0.717) is 24.7 Å². The summed E-state index contributed by atoms with van der Waals surface area (Å²) in [5.74, 6) is -0.268. The molecule has 1 aromatic rings. The van der Waals surface area contributed by atoms with Gasteiger partial charge in [0.2, 0.25) is 5.91 Å². The Kier molecular flexibility index (Phi) is 6.35. The van der Waals surface area contributed by atoms with Crippen molar-refractivity contribution in [3.05, 3.63) is 35.6 Å². The lowest BCUT2D eigenvalue weighted by atomic mass is 9.87. The van der Waals surface area contributed by atoms with Gasteiger partial charge in [0.1, 0.15) is 5.82 Å². The summed E-state index contributed by atoms with van der Waals surface area (Å²) in [5.41, 5.74) is 0.676. The predicted octanol–water partition coefficient (Wildman–Crippen LogP) is 2.16. The van der Waals surface area contributed by atoms with E-state index in [2.05, 4.69) is 16.7 Å². The normalized spacial score (nSPS) is 21.1. The summed E-state index contributed by atoms with van der Waals surface area (Å²) in [5, 5.41) is 15.2. The number of carbonyl (C=O) groups excluding carboxylic acids is 1. The number of benzene rings is 1. The highest BCUT2D eigenvalue weighted by Gasteiger charge is 2.20. The summed E-state index contributed by atoms with van der Waals surface area (Å²) in [6, 6.07) is 8.80. The van der Waals surface area contributed by atoms with Crippen molar-refractivity contribution in [2.45, 2.75) is 38.1 Å². The van der Waals surface area contributed by atoms with Crippen LogP contribution in [0.3, 0.4) is 0 Å². The van der Waals surface area contributed by atoms with Crippen LogP contribution in [0.15, 0.2) is 24.3 Å². The molecule has 1 aliphatic rings. The molecule has 5 heteroatoms. The van der Waals surface area contributed by atoms with Crippen molar-refractivity contribution in [3.8, 4) is 6.07 Å². The van der Waals surface area contributed by atoms with E-state index in [1.54, 1.807) is 12.1 Å². The maximum atomic E-state index is 13.0. The van der Waals surface area contributed by atoms with Crippen molar-refractivity contribution < 1.29 is 9.18 Å². The van der Waals surface area contributed by atoms with E-state index in [4.69, 9.17) is 5.26 Å². The van der Waals surface area contributed by atoms with Crippen LogP contribution in [0.1, 0.15) is 31.2 Å². The summed E-state index contributed by atoms with van der Waals surface area (Å²) in [7, 11) is 0. The van der Waals surface area contributed by atoms with E-state index in [1.807, 2.05) is 0 Å². The number of hydrogen-bond donors (Lipinski definition) is 2. The topological polar surface area (TPSA) is 64.9 Å². The van der Waals surface area contributed by atoms with Crippen molar-refractivity contribution in [2.24, 2.45) is 5.92 Å². The summed E-state index contributed by atoms with van der Waals surface area (Å²) in [4.78, 5) is 11.8. The van der Waals surface area contributed by atoms with Crippen LogP contribution >= 0.6 is 0 Å². The number of nitrogens with one attached hydrogen (secondary N) is 2. The number of hydrogen-bond acceptors (Lipinski definition) is 3. The fraction of sp³-hybridized carbons (Fsp3) is 0.529. The first kappa shape index (κ1) is 16.4. The van der Waals surface area contributed by atoms with Gasteiger partial charge in [-0.25, -0.2) is 4.39 Å². The van der Waals surface area contributed by atoms with E-state index in [-0.39, 0.29) is 24.1 Å². The molecule has 0 spiro atoms. The van der Waals surface area contributed by atoms with E-state index in [1.165, 1.54) is 12.1 Å². The van der Waals surface area contributed by atoms with Gasteiger partial charge in [-0.05, 0) is 37.0 Å². The summed E-state index contributed by atoms with van der Waals surface area (Å²) in [6.07, 6.45) is 4.27. The molecule has 1 aromatic carbocycles. The molecule has 22 heavy (non-hydrogen) atoms. The molecule has 1 saturated carbocycles. The van der Waals surface area contributed by atoms with E-state index in [0.717, 1.165) is 25.7 Å². The Morgan fingerprint density at radius 1 is 1.36 bits per heavy atom. The Hall–Kier alpha value is -1.93. The highest BCUT2D eigenvalue weighted by atomic mass is 19.1. The van der Waals surface area contributed by atoms with Crippen LogP contribution in [-0.2, 0) is 11.2 Å². The third kappa shape index (κ3) is 5.45.